The molecule has 1 aromatic carbocycles. The molecule has 4 heteroatoms. The van der Waals surface area contributed by atoms with Crippen molar-refractivity contribution in [3.63, 3.8) is 0 Å². The topological polar surface area (TPSA) is 34.1 Å². The Morgan fingerprint density at radius 3 is 2.08 bits per heavy atom. The summed E-state index contributed by atoms with van der Waals surface area (Å²) in [4.78, 5) is 0. The van der Waals surface area contributed by atoms with Gasteiger partial charge in [-0.1, -0.05) is 30.3 Å². The lowest BCUT2D eigenvalue weighted by Crippen LogP contribution is -2.03. The molecule has 3 atom stereocenters. The van der Waals surface area contributed by atoms with Crippen molar-refractivity contribution in [1.82, 2.24) is 0 Å². The highest BCUT2D eigenvalue weighted by molar-refractivity contribution is 8.05. The number of benzene rings is 1. The first kappa shape index (κ1) is 9.09. The molecule has 1 aromatic rings. The summed E-state index contributed by atoms with van der Waals surface area (Å²) in [7, 11) is -1.88. The molecule has 1 saturated heterocycles. The van der Waals surface area contributed by atoms with Gasteiger partial charge >= 0.3 is 0 Å². The SMILES string of the molecule is O=[S@@]1CC[S@](=O)C1c1ccccc1. The lowest BCUT2D eigenvalue weighted by Gasteiger charge is -2.06. The Morgan fingerprint density at radius 1 is 1.00 bits per heavy atom. The van der Waals surface area contributed by atoms with E-state index in [-0.39, 0.29) is 4.58 Å². The Balaban J connectivity index is 2.36. The van der Waals surface area contributed by atoms with E-state index in [4.69, 9.17) is 0 Å². The second-order valence-corrected chi connectivity index (χ2v) is 6.49. The van der Waals surface area contributed by atoms with E-state index < -0.39 is 21.6 Å². The van der Waals surface area contributed by atoms with Crippen LogP contribution in [0.2, 0.25) is 0 Å². The second-order valence-electron chi connectivity index (χ2n) is 2.91. The highest BCUT2D eigenvalue weighted by atomic mass is 32.3. The van der Waals surface area contributed by atoms with Crippen LogP contribution in [0.25, 0.3) is 0 Å². The van der Waals surface area contributed by atoms with Crippen molar-refractivity contribution in [1.29, 1.82) is 0 Å². The number of rotatable bonds is 1. The van der Waals surface area contributed by atoms with Crippen molar-refractivity contribution in [2.75, 3.05) is 11.5 Å². The number of hydrogen-bond acceptors (Lipinski definition) is 2. The van der Waals surface area contributed by atoms with Gasteiger partial charge in [-0.3, -0.25) is 8.42 Å². The fourth-order valence-corrected chi connectivity index (χ4v) is 5.61. The Bertz CT molecular complexity index is 332. The molecule has 0 spiro atoms. The van der Waals surface area contributed by atoms with Crippen LogP contribution in [0.1, 0.15) is 10.1 Å². The molecular weight excluding hydrogens is 204 g/mol. The molecule has 1 aliphatic rings. The summed E-state index contributed by atoms with van der Waals surface area (Å²) in [5.41, 5.74) is 0.941. The van der Waals surface area contributed by atoms with E-state index in [1.54, 1.807) is 0 Å². The van der Waals surface area contributed by atoms with Crippen LogP contribution < -0.4 is 0 Å². The predicted octanol–water partition coefficient (Wildman–Crippen LogP) is 1.20. The van der Waals surface area contributed by atoms with Crippen LogP contribution >= 0.6 is 0 Å². The third kappa shape index (κ3) is 1.74. The minimum atomic E-state index is -0.942. The summed E-state index contributed by atoms with van der Waals surface area (Å²) >= 11 is 0. The van der Waals surface area contributed by atoms with Gasteiger partial charge in [0.1, 0.15) is 4.58 Å². The molecule has 0 amide bonds. The smallest absolute Gasteiger partial charge is 0.135 e. The molecule has 1 heterocycles. The molecule has 1 aliphatic heterocycles. The van der Waals surface area contributed by atoms with Crippen molar-refractivity contribution in [2.45, 2.75) is 4.58 Å². The van der Waals surface area contributed by atoms with Crippen LogP contribution in [0.3, 0.4) is 0 Å². The summed E-state index contributed by atoms with van der Waals surface area (Å²) in [6, 6.07) is 9.48. The minimum Gasteiger partial charge on any atom is -0.258 e. The van der Waals surface area contributed by atoms with Gasteiger partial charge in [0, 0.05) is 33.1 Å². The molecule has 0 radical (unpaired) electrons. The van der Waals surface area contributed by atoms with Crippen LogP contribution in [-0.4, -0.2) is 19.9 Å². The molecule has 0 N–H and O–H groups in total. The van der Waals surface area contributed by atoms with Gasteiger partial charge in [0.15, 0.2) is 0 Å². The van der Waals surface area contributed by atoms with E-state index in [9.17, 15) is 8.42 Å². The van der Waals surface area contributed by atoms with Gasteiger partial charge in [0.25, 0.3) is 0 Å². The summed E-state index contributed by atoms with van der Waals surface area (Å²) < 4.78 is 22.8. The van der Waals surface area contributed by atoms with Gasteiger partial charge in [0.2, 0.25) is 0 Å². The third-order valence-electron chi connectivity index (χ3n) is 2.03. The van der Waals surface area contributed by atoms with E-state index in [1.165, 1.54) is 0 Å². The first-order valence-corrected chi connectivity index (χ1v) is 6.85. The summed E-state index contributed by atoms with van der Waals surface area (Å²) in [6.45, 7) is 0. The maximum Gasteiger partial charge on any atom is 0.135 e. The fourth-order valence-electron chi connectivity index (χ4n) is 1.41. The zero-order chi connectivity index (χ0) is 9.26. The first-order chi connectivity index (χ1) is 6.29. The van der Waals surface area contributed by atoms with Crippen LogP contribution in [0.15, 0.2) is 30.3 Å². The lowest BCUT2D eigenvalue weighted by atomic mass is 10.2. The van der Waals surface area contributed by atoms with Gasteiger partial charge in [-0.15, -0.1) is 0 Å². The maximum absolute atomic E-state index is 11.5. The summed E-state index contributed by atoms with van der Waals surface area (Å²) in [6.07, 6.45) is 0. The molecule has 0 aliphatic carbocycles. The Kier molecular flexibility index (Phi) is 2.60. The molecule has 0 bridgehead atoms. The molecule has 2 nitrogen and oxygen atoms in total. The Labute approximate surface area is 82.3 Å². The molecule has 1 fully saturated rings. The summed E-state index contributed by atoms with van der Waals surface area (Å²) in [5, 5.41) is 0. The molecule has 2 rings (SSSR count). The first-order valence-electron chi connectivity index (χ1n) is 4.08. The highest BCUT2D eigenvalue weighted by Crippen LogP contribution is 2.28. The van der Waals surface area contributed by atoms with Gasteiger partial charge in [0.05, 0.1) is 0 Å². The molecule has 70 valence electrons. The Hall–Kier alpha value is -0.480. The molecule has 1 unspecified atom stereocenters. The highest BCUT2D eigenvalue weighted by Gasteiger charge is 2.31. The van der Waals surface area contributed by atoms with Gasteiger partial charge in [-0.2, -0.15) is 0 Å². The van der Waals surface area contributed by atoms with E-state index in [2.05, 4.69) is 0 Å². The van der Waals surface area contributed by atoms with Crippen molar-refractivity contribution < 1.29 is 8.42 Å². The normalized spacial score (nSPS) is 33.4. The van der Waals surface area contributed by atoms with Gasteiger partial charge in [-0.25, -0.2) is 0 Å². The molecular formula is C9H10O2S2. The monoisotopic (exact) mass is 214 g/mol. The largest absolute Gasteiger partial charge is 0.258 e. The van der Waals surface area contributed by atoms with E-state index in [0.29, 0.717) is 11.5 Å². The van der Waals surface area contributed by atoms with Gasteiger partial charge < -0.3 is 0 Å². The molecule has 0 aromatic heterocycles. The number of hydrogen-bond donors (Lipinski definition) is 0. The maximum atomic E-state index is 11.5. The minimum absolute atomic E-state index is 0.249. The zero-order valence-corrected chi connectivity index (χ0v) is 8.64. The van der Waals surface area contributed by atoms with E-state index >= 15 is 0 Å². The quantitative estimate of drug-likeness (QED) is 0.704. The van der Waals surface area contributed by atoms with Crippen molar-refractivity contribution in [3.8, 4) is 0 Å². The third-order valence-corrected chi connectivity index (χ3v) is 6.29. The van der Waals surface area contributed by atoms with Crippen molar-refractivity contribution in [3.05, 3.63) is 35.9 Å². The fraction of sp³-hybridized carbons (Fsp3) is 0.333. The van der Waals surface area contributed by atoms with E-state index in [0.717, 1.165) is 5.56 Å². The van der Waals surface area contributed by atoms with Crippen LogP contribution in [0.5, 0.6) is 0 Å². The molecule has 0 saturated carbocycles. The van der Waals surface area contributed by atoms with E-state index in [1.807, 2.05) is 30.3 Å². The average molecular weight is 214 g/mol. The van der Waals surface area contributed by atoms with Gasteiger partial charge in [-0.05, 0) is 5.56 Å². The Morgan fingerprint density at radius 2 is 1.54 bits per heavy atom. The second kappa shape index (κ2) is 3.72. The predicted molar refractivity (Wildman–Crippen MR) is 55.2 cm³/mol. The van der Waals surface area contributed by atoms with Crippen molar-refractivity contribution in [2.24, 2.45) is 0 Å². The van der Waals surface area contributed by atoms with Crippen molar-refractivity contribution >= 4 is 21.6 Å². The van der Waals surface area contributed by atoms with Crippen LogP contribution in [0, 0.1) is 0 Å². The zero-order valence-electron chi connectivity index (χ0n) is 7.01. The molecule has 13 heavy (non-hydrogen) atoms. The lowest BCUT2D eigenvalue weighted by molar-refractivity contribution is 0.679. The van der Waals surface area contributed by atoms with Crippen LogP contribution in [-0.2, 0) is 21.6 Å². The summed E-state index contributed by atoms with van der Waals surface area (Å²) in [5.74, 6) is 1.15. The van der Waals surface area contributed by atoms with Crippen LogP contribution in [0.4, 0.5) is 0 Å². The average Bonchev–Trinajstić information content (AvgIpc) is 2.48. The standard InChI is InChI=1S/C9H10O2S2/c10-12-6-7-13(11)9(12)8-4-2-1-3-5-8/h1-5,9H,6-7H2/t9?,12-,13+.